The summed E-state index contributed by atoms with van der Waals surface area (Å²) in [5.74, 6) is 6.10. The third kappa shape index (κ3) is 1.76. The number of hydrogen-bond acceptors (Lipinski definition) is 2. The van der Waals surface area contributed by atoms with E-state index in [2.05, 4.69) is 32.1 Å². The molecule has 2 nitrogen and oxygen atoms in total. The van der Waals surface area contributed by atoms with Crippen LogP contribution in [0.1, 0.15) is 58.8 Å². The maximum atomic E-state index is 12.0. The number of rotatable bonds is 1. The second-order valence-corrected chi connectivity index (χ2v) is 10.4. The number of allylic oxidation sites excluding steroid dienone is 1. The highest BCUT2D eigenvalue weighted by atomic mass is 16.5. The van der Waals surface area contributed by atoms with Crippen molar-refractivity contribution in [2.24, 2.45) is 46.8 Å². The van der Waals surface area contributed by atoms with Gasteiger partial charge in [-0.15, -0.1) is 0 Å². The molecule has 1 heterocycles. The summed E-state index contributed by atoms with van der Waals surface area (Å²) in [7, 11) is 0. The van der Waals surface area contributed by atoms with Gasteiger partial charge < -0.3 is 4.74 Å². The molecule has 6 aliphatic rings. The lowest BCUT2D eigenvalue weighted by Crippen LogP contribution is -2.56. The van der Waals surface area contributed by atoms with E-state index in [0.717, 1.165) is 55.0 Å². The van der Waals surface area contributed by atoms with Crippen LogP contribution in [0.3, 0.4) is 0 Å². The lowest BCUT2D eigenvalue weighted by Gasteiger charge is -2.59. The molecule has 0 aromatic rings. The first-order chi connectivity index (χ1) is 12.6. The number of ketones is 1. The highest BCUT2D eigenvalue weighted by Crippen LogP contribution is 2.78. The molecule has 26 heavy (non-hydrogen) atoms. The van der Waals surface area contributed by atoms with E-state index in [0.29, 0.717) is 17.1 Å². The molecule has 5 aliphatic carbocycles. The van der Waals surface area contributed by atoms with Crippen molar-refractivity contribution in [1.29, 1.82) is 0 Å². The Labute approximate surface area is 157 Å². The van der Waals surface area contributed by atoms with Crippen LogP contribution < -0.4 is 0 Å². The first kappa shape index (κ1) is 16.1. The Kier molecular flexibility index (Phi) is 3.18. The smallest absolute Gasteiger partial charge is 0.155 e. The molecular weight excluding hydrogens is 320 g/mol. The first-order valence-corrected chi connectivity index (χ1v) is 11.1. The Morgan fingerprint density at radius 1 is 1.27 bits per heavy atom. The van der Waals surface area contributed by atoms with Crippen LogP contribution in [0, 0.1) is 46.8 Å². The average Bonchev–Trinajstić information content (AvgIpc) is 3.20. The van der Waals surface area contributed by atoms with E-state index in [1.165, 1.54) is 37.7 Å². The van der Waals surface area contributed by atoms with E-state index < -0.39 is 0 Å². The molecule has 7 unspecified atom stereocenters. The van der Waals surface area contributed by atoms with Gasteiger partial charge in [-0.3, -0.25) is 4.79 Å². The number of ether oxygens (including phenoxy) is 1. The summed E-state index contributed by atoms with van der Waals surface area (Å²) in [6.45, 7) is 5.80. The summed E-state index contributed by atoms with van der Waals surface area (Å²) in [6.07, 6.45) is 15.3. The van der Waals surface area contributed by atoms with Crippen LogP contribution in [0.4, 0.5) is 0 Å². The Hall–Kier alpha value is -0.890. The van der Waals surface area contributed by atoms with E-state index in [9.17, 15) is 4.79 Å². The Balaban J connectivity index is 1.42. The Morgan fingerprint density at radius 3 is 2.92 bits per heavy atom. The highest BCUT2D eigenvalue weighted by Gasteiger charge is 2.76. The van der Waals surface area contributed by atoms with Crippen molar-refractivity contribution in [2.75, 3.05) is 6.61 Å². The Morgan fingerprint density at radius 2 is 2.15 bits per heavy atom. The van der Waals surface area contributed by atoms with Gasteiger partial charge in [0.2, 0.25) is 0 Å². The van der Waals surface area contributed by atoms with Crippen LogP contribution in [0.15, 0.2) is 23.8 Å². The van der Waals surface area contributed by atoms with Gasteiger partial charge in [-0.2, -0.15) is 0 Å². The number of hydrogen-bond donors (Lipinski definition) is 0. The van der Waals surface area contributed by atoms with Crippen molar-refractivity contribution in [2.45, 2.75) is 64.4 Å². The summed E-state index contributed by atoms with van der Waals surface area (Å²) >= 11 is 0. The van der Waals surface area contributed by atoms with E-state index in [1.807, 2.05) is 0 Å². The van der Waals surface area contributed by atoms with Crippen molar-refractivity contribution in [1.82, 2.24) is 0 Å². The number of fused-ring (bicyclic) bond motifs is 9. The van der Waals surface area contributed by atoms with Gasteiger partial charge in [-0.25, -0.2) is 0 Å². The van der Waals surface area contributed by atoms with Gasteiger partial charge >= 0.3 is 0 Å². The van der Waals surface area contributed by atoms with Gasteiger partial charge in [0, 0.05) is 11.8 Å². The predicted molar refractivity (Wildman–Crippen MR) is 101 cm³/mol. The summed E-state index contributed by atoms with van der Waals surface area (Å²) < 4.78 is 6.53. The zero-order valence-electron chi connectivity index (χ0n) is 16.2. The predicted octanol–water partition coefficient (Wildman–Crippen LogP) is 4.95. The molecule has 0 radical (unpaired) electrons. The van der Waals surface area contributed by atoms with Crippen molar-refractivity contribution < 1.29 is 9.53 Å². The van der Waals surface area contributed by atoms with Crippen LogP contribution in [-0.2, 0) is 9.53 Å². The van der Waals surface area contributed by atoms with Crippen LogP contribution >= 0.6 is 0 Å². The minimum absolute atomic E-state index is 0.0598. The summed E-state index contributed by atoms with van der Waals surface area (Å²) in [5.41, 5.74) is 1.92. The van der Waals surface area contributed by atoms with Crippen molar-refractivity contribution in [3.8, 4) is 0 Å². The molecule has 0 amide bonds. The molecule has 1 aliphatic heterocycles. The lowest BCUT2D eigenvalue weighted by molar-refractivity contribution is -0.141. The largest absolute Gasteiger partial charge is 0.366 e. The monoisotopic (exact) mass is 352 g/mol. The second kappa shape index (κ2) is 5.13. The van der Waals surface area contributed by atoms with E-state index >= 15 is 0 Å². The molecule has 2 heteroatoms. The Bertz CT molecular complexity index is 720. The quantitative estimate of drug-likeness (QED) is 0.625. The van der Waals surface area contributed by atoms with Crippen LogP contribution in [-0.4, -0.2) is 18.0 Å². The van der Waals surface area contributed by atoms with Crippen molar-refractivity contribution in [3.63, 3.8) is 0 Å². The minimum atomic E-state index is 0.0598. The van der Waals surface area contributed by atoms with Gasteiger partial charge in [-0.05, 0) is 79.6 Å². The fraction of sp³-hybridized carbons (Fsp3) is 0.792. The molecule has 140 valence electrons. The maximum absolute atomic E-state index is 12.0. The van der Waals surface area contributed by atoms with Gasteiger partial charge in [0.15, 0.2) is 5.78 Å². The number of carbonyl (C=O) groups is 1. The molecule has 1 spiro atoms. The van der Waals surface area contributed by atoms with E-state index in [1.54, 1.807) is 0 Å². The lowest BCUT2D eigenvalue weighted by atomic mass is 9.46. The van der Waals surface area contributed by atoms with Crippen molar-refractivity contribution in [3.05, 3.63) is 23.8 Å². The SMILES string of the molecule is CCC1CC2=CC(=O)CCC2C2CC[C@@]3(C)C(C4CC4[C@@]34C=CCO4)C12. The fourth-order valence-electron chi connectivity index (χ4n) is 8.84. The van der Waals surface area contributed by atoms with Crippen molar-refractivity contribution >= 4 is 5.78 Å². The summed E-state index contributed by atoms with van der Waals surface area (Å²) in [4.78, 5) is 12.0. The van der Waals surface area contributed by atoms with Gasteiger partial charge in [0.05, 0.1) is 12.2 Å². The second-order valence-electron chi connectivity index (χ2n) is 10.4. The molecule has 0 N–H and O–H groups in total. The summed E-state index contributed by atoms with van der Waals surface area (Å²) in [5, 5.41) is 0. The standard InChI is InChI=1S/C24H32O2/c1-3-14-11-15-12-16(25)5-6-17(15)18-7-9-23(2)22(21(14)18)19-13-20(19)24(23)8-4-10-26-24/h4,8,12,14,17-22H,3,5-7,9-11,13H2,1-2H3/t14?,17?,18?,19?,20?,21?,22?,23-,24-/m0/s1. The third-order valence-corrected chi connectivity index (χ3v) is 9.78. The van der Waals surface area contributed by atoms with E-state index in [4.69, 9.17) is 4.74 Å². The van der Waals surface area contributed by atoms with Crippen LogP contribution in [0.2, 0.25) is 0 Å². The third-order valence-electron chi connectivity index (χ3n) is 9.78. The summed E-state index contributed by atoms with van der Waals surface area (Å²) in [6, 6.07) is 0. The minimum Gasteiger partial charge on any atom is -0.366 e. The maximum Gasteiger partial charge on any atom is 0.155 e. The molecule has 0 bridgehead atoms. The van der Waals surface area contributed by atoms with E-state index in [-0.39, 0.29) is 5.60 Å². The van der Waals surface area contributed by atoms with Gasteiger partial charge in [0.25, 0.3) is 0 Å². The normalized spacial score (nSPS) is 56.6. The topological polar surface area (TPSA) is 26.3 Å². The molecular formula is C24H32O2. The molecule has 0 saturated heterocycles. The molecule has 0 aromatic carbocycles. The average molecular weight is 353 g/mol. The molecule has 6 rings (SSSR count). The van der Waals surface area contributed by atoms with Crippen LogP contribution in [0.5, 0.6) is 0 Å². The molecule has 9 atom stereocenters. The molecule has 4 fully saturated rings. The fourth-order valence-corrected chi connectivity index (χ4v) is 8.84. The van der Waals surface area contributed by atoms with Gasteiger partial charge in [-0.1, -0.05) is 38.0 Å². The zero-order chi connectivity index (χ0) is 17.7. The molecule has 0 aromatic heterocycles. The number of carbonyl (C=O) groups excluding carboxylic acids is 1. The molecule has 4 saturated carbocycles. The zero-order valence-corrected chi connectivity index (χ0v) is 16.2. The highest BCUT2D eigenvalue weighted by molar-refractivity contribution is 5.91. The van der Waals surface area contributed by atoms with Crippen LogP contribution in [0.25, 0.3) is 0 Å². The first-order valence-electron chi connectivity index (χ1n) is 11.1. The van der Waals surface area contributed by atoms with Gasteiger partial charge in [0.1, 0.15) is 0 Å².